The summed E-state index contributed by atoms with van der Waals surface area (Å²) in [7, 11) is 0.191. The van der Waals surface area contributed by atoms with Crippen molar-refractivity contribution in [2.75, 3.05) is 40.1 Å². The summed E-state index contributed by atoms with van der Waals surface area (Å²) in [6.45, 7) is 1.37. The zero-order valence-electron chi connectivity index (χ0n) is 12.6. The molecular formula is C13H26N2O4S. The van der Waals surface area contributed by atoms with E-state index in [1.165, 1.54) is 6.26 Å². The minimum atomic E-state index is -3.12. The summed E-state index contributed by atoms with van der Waals surface area (Å²) in [4.78, 5) is 13.7. The minimum absolute atomic E-state index is 0.0679. The molecule has 1 amide bonds. The average molecular weight is 306 g/mol. The monoisotopic (exact) mass is 306 g/mol. The lowest BCUT2D eigenvalue weighted by Gasteiger charge is -2.37. The van der Waals surface area contributed by atoms with E-state index in [0.29, 0.717) is 19.6 Å². The van der Waals surface area contributed by atoms with Gasteiger partial charge in [0, 0.05) is 33.0 Å². The average Bonchev–Trinajstić information content (AvgIpc) is 2.41. The first-order valence-electron chi connectivity index (χ1n) is 7.02. The Hall–Kier alpha value is -0.660. The number of hydrogen-bond donors (Lipinski definition) is 1. The maximum Gasteiger partial charge on any atom is 0.236 e. The van der Waals surface area contributed by atoms with Gasteiger partial charge >= 0.3 is 0 Å². The Morgan fingerprint density at radius 2 is 2.00 bits per heavy atom. The van der Waals surface area contributed by atoms with Crippen LogP contribution in [0.15, 0.2) is 0 Å². The van der Waals surface area contributed by atoms with Crippen molar-refractivity contribution in [3.05, 3.63) is 0 Å². The topological polar surface area (TPSA) is 75.7 Å². The fourth-order valence-corrected chi connectivity index (χ4v) is 4.18. The molecule has 1 saturated carbocycles. The van der Waals surface area contributed by atoms with Crippen LogP contribution in [-0.4, -0.2) is 70.6 Å². The van der Waals surface area contributed by atoms with E-state index in [2.05, 4.69) is 5.32 Å². The Balaban J connectivity index is 2.58. The van der Waals surface area contributed by atoms with Crippen LogP contribution >= 0.6 is 0 Å². The van der Waals surface area contributed by atoms with E-state index in [0.717, 1.165) is 19.3 Å². The highest BCUT2D eigenvalue weighted by Crippen LogP contribution is 2.27. The summed E-state index contributed by atoms with van der Waals surface area (Å²) in [5, 5.41) is 2.57. The van der Waals surface area contributed by atoms with Gasteiger partial charge < -0.3 is 15.0 Å². The molecule has 0 aromatic carbocycles. The summed E-state index contributed by atoms with van der Waals surface area (Å²) < 4.78 is 28.6. The second kappa shape index (κ2) is 7.95. The number of hydrogen-bond acceptors (Lipinski definition) is 5. The number of nitrogens with one attached hydrogen (secondary N) is 1. The summed E-state index contributed by atoms with van der Waals surface area (Å²) in [5.74, 6) is -0.0679. The van der Waals surface area contributed by atoms with Crippen LogP contribution < -0.4 is 5.32 Å². The van der Waals surface area contributed by atoms with Crippen molar-refractivity contribution in [1.29, 1.82) is 0 Å². The summed E-state index contributed by atoms with van der Waals surface area (Å²) in [6, 6.07) is -0.199. The molecule has 0 aromatic rings. The van der Waals surface area contributed by atoms with Gasteiger partial charge in [-0.3, -0.25) is 4.79 Å². The lowest BCUT2D eigenvalue weighted by atomic mass is 9.94. The smallest absolute Gasteiger partial charge is 0.236 e. The van der Waals surface area contributed by atoms with Gasteiger partial charge in [-0.1, -0.05) is 12.8 Å². The van der Waals surface area contributed by atoms with E-state index in [9.17, 15) is 13.2 Å². The molecule has 0 bridgehead atoms. The van der Waals surface area contributed by atoms with Crippen molar-refractivity contribution in [2.45, 2.75) is 37.0 Å². The second-order valence-electron chi connectivity index (χ2n) is 5.39. The fourth-order valence-electron chi connectivity index (χ4n) is 2.70. The molecule has 118 valence electrons. The maximum absolute atomic E-state index is 12.1. The van der Waals surface area contributed by atoms with E-state index in [-0.39, 0.29) is 18.5 Å². The lowest BCUT2D eigenvalue weighted by molar-refractivity contribution is -0.131. The molecular weight excluding hydrogens is 280 g/mol. The number of ether oxygens (including phenoxy) is 1. The molecule has 1 aliphatic carbocycles. The largest absolute Gasteiger partial charge is 0.383 e. The van der Waals surface area contributed by atoms with Crippen LogP contribution in [0.1, 0.15) is 25.7 Å². The van der Waals surface area contributed by atoms with Crippen LogP contribution in [0.4, 0.5) is 0 Å². The van der Waals surface area contributed by atoms with E-state index >= 15 is 0 Å². The van der Waals surface area contributed by atoms with Crippen molar-refractivity contribution in [2.24, 2.45) is 0 Å². The number of nitrogens with zero attached hydrogens (tertiary/aromatic N) is 1. The molecule has 6 nitrogen and oxygen atoms in total. The number of rotatable bonds is 7. The Labute approximate surface area is 121 Å². The van der Waals surface area contributed by atoms with E-state index in [1.807, 2.05) is 0 Å². The third kappa shape index (κ3) is 5.03. The molecule has 0 aromatic heterocycles. The van der Waals surface area contributed by atoms with Gasteiger partial charge in [0.15, 0.2) is 9.84 Å². The Morgan fingerprint density at radius 1 is 1.35 bits per heavy atom. The van der Waals surface area contributed by atoms with Gasteiger partial charge in [-0.15, -0.1) is 0 Å². The lowest BCUT2D eigenvalue weighted by Crippen LogP contribution is -2.51. The SMILES string of the molecule is COCCNCC(=O)N(C)C1CCCCC1S(C)(=O)=O. The second-order valence-corrected chi connectivity index (χ2v) is 7.66. The van der Waals surface area contributed by atoms with Gasteiger partial charge in [-0.2, -0.15) is 0 Å². The van der Waals surface area contributed by atoms with E-state index < -0.39 is 15.1 Å². The van der Waals surface area contributed by atoms with Crippen molar-refractivity contribution >= 4 is 15.7 Å². The zero-order chi connectivity index (χ0) is 15.2. The number of methoxy groups -OCH3 is 1. The first-order chi connectivity index (χ1) is 9.38. The van der Waals surface area contributed by atoms with E-state index in [1.54, 1.807) is 19.1 Å². The van der Waals surface area contributed by atoms with Crippen LogP contribution in [0.25, 0.3) is 0 Å². The predicted molar refractivity (Wildman–Crippen MR) is 78.4 cm³/mol. The quantitative estimate of drug-likeness (QED) is 0.672. The van der Waals surface area contributed by atoms with Crippen LogP contribution in [0.2, 0.25) is 0 Å². The maximum atomic E-state index is 12.1. The van der Waals surface area contributed by atoms with Crippen molar-refractivity contribution in [3.63, 3.8) is 0 Å². The van der Waals surface area contributed by atoms with Crippen molar-refractivity contribution in [3.8, 4) is 0 Å². The van der Waals surface area contributed by atoms with Crippen LogP contribution in [0.3, 0.4) is 0 Å². The van der Waals surface area contributed by atoms with Crippen LogP contribution in [0, 0.1) is 0 Å². The van der Waals surface area contributed by atoms with Gasteiger partial charge in [0.05, 0.1) is 18.4 Å². The van der Waals surface area contributed by atoms with Gasteiger partial charge in [0.2, 0.25) is 5.91 Å². The molecule has 0 radical (unpaired) electrons. The molecule has 2 unspecified atom stereocenters. The number of likely N-dealkylation sites (N-methyl/N-ethyl adjacent to an activating group) is 1. The molecule has 0 heterocycles. The summed E-state index contributed by atoms with van der Waals surface area (Å²) in [5.41, 5.74) is 0. The molecule has 2 atom stereocenters. The number of carbonyl (C=O) groups excluding carboxylic acids is 1. The third-order valence-corrected chi connectivity index (χ3v) is 5.52. The number of carbonyl (C=O) groups is 1. The molecule has 1 N–H and O–H groups in total. The van der Waals surface area contributed by atoms with Crippen LogP contribution in [-0.2, 0) is 19.4 Å². The first kappa shape index (κ1) is 17.4. The molecule has 0 spiro atoms. The summed E-state index contributed by atoms with van der Waals surface area (Å²) >= 11 is 0. The van der Waals surface area contributed by atoms with Crippen LogP contribution in [0.5, 0.6) is 0 Å². The van der Waals surface area contributed by atoms with Crippen molar-refractivity contribution in [1.82, 2.24) is 10.2 Å². The number of amides is 1. The molecule has 1 aliphatic rings. The Kier molecular flexibility index (Phi) is 6.91. The standard InChI is InChI=1S/C13H26N2O4S/c1-15(13(16)10-14-8-9-19-2)11-6-4-5-7-12(11)20(3,17)18/h11-12,14H,4-10H2,1-3H3. The molecule has 7 heteroatoms. The Bertz CT molecular complexity index is 411. The minimum Gasteiger partial charge on any atom is -0.383 e. The highest BCUT2D eigenvalue weighted by molar-refractivity contribution is 7.91. The van der Waals surface area contributed by atoms with E-state index in [4.69, 9.17) is 4.74 Å². The van der Waals surface area contributed by atoms with Gasteiger partial charge in [-0.25, -0.2) is 8.42 Å². The highest BCUT2D eigenvalue weighted by atomic mass is 32.2. The van der Waals surface area contributed by atoms with Gasteiger partial charge in [-0.05, 0) is 12.8 Å². The normalized spacial score (nSPS) is 23.6. The molecule has 1 fully saturated rings. The highest BCUT2D eigenvalue weighted by Gasteiger charge is 2.36. The predicted octanol–water partition coefficient (Wildman–Crippen LogP) is 0.0366. The molecule has 0 aliphatic heterocycles. The molecule has 0 saturated heterocycles. The zero-order valence-corrected chi connectivity index (χ0v) is 13.4. The fraction of sp³-hybridized carbons (Fsp3) is 0.923. The first-order valence-corrected chi connectivity index (χ1v) is 8.97. The van der Waals surface area contributed by atoms with Gasteiger partial charge in [0.1, 0.15) is 0 Å². The third-order valence-electron chi connectivity index (χ3n) is 3.87. The number of sulfone groups is 1. The van der Waals surface area contributed by atoms with Gasteiger partial charge in [0.25, 0.3) is 0 Å². The Morgan fingerprint density at radius 3 is 2.60 bits per heavy atom. The summed E-state index contributed by atoms with van der Waals surface area (Å²) in [6.07, 6.45) is 4.58. The molecule has 20 heavy (non-hydrogen) atoms. The molecule has 1 rings (SSSR count). The van der Waals surface area contributed by atoms with Crippen molar-refractivity contribution < 1.29 is 17.9 Å².